The number of nitrogens with zero attached hydrogens (tertiary/aromatic N) is 2. The Balaban J connectivity index is 1.55. The summed E-state index contributed by atoms with van der Waals surface area (Å²) < 4.78 is 0. The van der Waals surface area contributed by atoms with E-state index < -0.39 is 0 Å². The molecule has 3 heterocycles. The van der Waals surface area contributed by atoms with Crippen molar-refractivity contribution in [3.63, 3.8) is 0 Å². The molecular formula is C21H17ClN4O2. The Morgan fingerprint density at radius 3 is 2.89 bits per heavy atom. The van der Waals surface area contributed by atoms with Gasteiger partial charge in [-0.3, -0.25) is 9.59 Å². The molecule has 0 bridgehead atoms. The Hall–Kier alpha value is -3.12. The SMILES string of the molecule is O=C(c1c[nH]c2c(Cl)cccc2c1=O)N1CCCC1c1nc2ccccc2[nH]1. The zero-order chi connectivity index (χ0) is 19.3. The van der Waals surface area contributed by atoms with Crippen LogP contribution in [-0.4, -0.2) is 32.3 Å². The third kappa shape index (κ3) is 2.60. The molecule has 2 aromatic heterocycles. The maximum Gasteiger partial charge on any atom is 0.259 e. The van der Waals surface area contributed by atoms with E-state index in [4.69, 9.17) is 11.6 Å². The van der Waals surface area contributed by atoms with Crippen LogP contribution in [-0.2, 0) is 0 Å². The van der Waals surface area contributed by atoms with E-state index in [0.717, 1.165) is 29.7 Å². The summed E-state index contributed by atoms with van der Waals surface area (Å²) in [5.74, 6) is 0.471. The van der Waals surface area contributed by atoms with Crippen molar-refractivity contribution in [2.45, 2.75) is 18.9 Å². The van der Waals surface area contributed by atoms with Gasteiger partial charge in [-0.05, 0) is 37.1 Å². The molecule has 1 unspecified atom stereocenters. The molecule has 0 saturated carbocycles. The second-order valence-electron chi connectivity index (χ2n) is 6.99. The predicted octanol–water partition coefficient (Wildman–Crippen LogP) is 4.04. The molecule has 1 amide bonds. The van der Waals surface area contributed by atoms with Crippen LogP contribution in [0.4, 0.5) is 0 Å². The lowest BCUT2D eigenvalue weighted by atomic mass is 10.1. The Kier molecular flexibility index (Phi) is 3.94. The van der Waals surface area contributed by atoms with Gasteiger partial charge in [-0.15, -0.1) is 0 Å². The smallest absolute Gasteiger partial charge is 0.259 e. The van der Waals surface area contributed by atoms with Gasteiger partial charge < -0.3 is 14.9 Å². The van der Waals surface area contributed by atoms with E-state index >= 15 is 0 Å². The van der Waals surface area contributed by atoms with Gasteiger partial charge in [0.1, 0.15) is 11.4 Å². The van der Waals surface area contributed by atoms with Crippen molar-refractivity contribution >= 4 is 39.4 Å². The first-order valence-electron chi connectivity index (χ1n) is 9.19. The minimum absolute atomic E-state index is 0.123. The number of aromatic nitrogens is 3. The standard InChI is InChI=1S/C21H17ClN4O2/c22-14-6-3-5-12-18(14)23-11-13(19(12)27)21(28)26-10-4-9-17(26)20-24-15-7-1-2-8-16(15)25-20/h1-3,5-8,11,17H,4,9-10H2,(H,23,27)(H,24,25). The van der Waals surface area contributed by atoms with Crippen molar-refractivity contribution in [1.82, 2.24) is 19.9 Å². The van der Waals surface area contributed by atoms with Gasteiger partial charge in [0, 0.05) is 18.1 Å². The molecular weight excluding hydrogens is 376 g/mol. The van der Waals surface area contributed by atoms with Crippen molar-refractivity contribution in [2.24, 2.45) is 0 Å². The molecule has 0 spiro atoms. The first-order chi connectivity index (χ1) is 13.6. The average Bonchev–Trinajstić information content (AvgIpc) is 3.35. The number of carbonyl (C=O) groups excluding carboxylic acids is 1. The van der Waals surface area contributed by atoms with Crippen LogP contribution in [0.2, 0.25) is 5.02 Å². The fourth-order valence-electron chi connectivity index (χ4n) is 3.95. The van der Waals surface area contributed by atoms with Crippen molar-refractivity contribution in [3.05, 3.63) is 75.3 Å². The molecule has 1 aliphatic heterocycles. The highest BCUT2D eigenvalue weighted by molar-refractivity contribution is 6.35. The van der Waals surface area contributed by atoms with E-state index in [1.807, 2.05) is 24.3 Å². The van der Waals surface area contributed by atoms with Crippen molar-refractivity contribution in [2.75, 3.05) is 6.54 Å². The Morgan fingerprint density at radius 1 is 1.18 bits per heavy atom. The Morgan fingerprint density at radius 2 is 2.04 bits per heavy atom. The number of nitrogens with one attached hydrogen (secondary N) is 2. The second-order valence-corrected chi connectivity index (χ2v) is 7.40. The first-order valence-corrected chi connectivity index (χ1v) is 9.57. The van der Waals surface area contributed by atoms with Gasteiger partial charge in [0.05, 0.1) is 27.6 Å². The highest BCUT2D eigenvalue weighted by atomic mass is 35.5. The number of H-pyrrole nitrogens is 2. The molecule has 2 aromatic carbocycles. The van der Waals surface area contributed by atoms with Crippen LogP contribution < -0.4 is 5.43 Å². The highest BCUT2D eigenvalue weighted by Crippen LogP contribution is 2.32. The Bertz CT molecular complexity index is 1240. The summed E-state index contributed by atoms with van der Waals surface area (Å²) in [7, 11) is 0. The van der Waals surface area contributed by atoms with Crippen LogP contribution in [0.1, 0.15) is 35.1 Å². The summed E-state index contributed by atoms with van der Waals surface area (Å²) in [6, 6.07) is 12.7. The maximum absolute atomic E-state index is 13.2. The molecule has 28 heavy (non-hydrogen) atoms. The number of aromatic amines is 2. The zero-order valence-corrected chi connectivity index (χ0v) is 15.7. The third-order valence-corrected chi connectivity index (χ3v) is 5.65. The molecule has 1 fully saturated rings. The fraction of sp³-hybridized carbons (Fsp3) is 0.190. The lowest BCUT2D eigenvalue weighted by Gasteiger charge is -2.23. The van der Waals surface area contributed by atoms with E-state index in [0.29, 0.717) is 22.5 Å². The number of fused-ring (bicyclic) bond motifs is 2. The van der Waals surface area contributed by atoms with Crippen LogP contribution in [0, 0.1) is 0 Å². The van der Waals surface area contributed by atoms with Gasteiger partial charge in [-0.1, -0.05) is 29.8 Å². The molecule has 7 heteroatoms. The van der Waals surface area contributed by atoms with Gasteiger partial charge in [-0.25, -0.2) is 4.98 Å². The number of rotatable bonds is 2. The molecule has 6 nitrogen and oxygen atoms in total. The van der Waals surface area contributed by atoms with Gasteiger partial charge >= 0.3 is 0 Å². The quantitative estimate of drug-likeness (QED) is 0.540. The van der Waals surface area contributed by atoms with E-state index in [2.05, 4.69) is 15.0 Å². The van der Waals surface area contributed by atoms with E-state index in [1.165, 1.54) is 6.20 Å². The molecule has 1 atom stereocenters. The first kappa shape index (κ1) is 17.0. The van der Waals surface area contributed by atoms with E-state index in [1.54, 1.807) is 23.1 Å². The lowest BCUT2D eigenvalue weighted by Crippen LogP contribution is -2.34. The van der Waals surface area contributed by atoms with Crippen LogP contribution in [0.15, 0.2) is 53.5 Å². The van der Waals surface area contributed by atoms with Gasteiger partial charge in [0.15, 0.2) is 0 Å². The number of hydrogen-bond donors (Lipinski definition) is 2. The van der Waals surface area contributed by atoms with Crippen LogP contribution >= 0.6 is 11.6 Å². The normalized spacial score (nSPS) is 16.9. The maximum atomic E-state index is 13.2. The summed E-state index contributed by atoms with van der Waals surface area (Å²) in [6.07, 6.45) is 3.14. The number of pyridine rings is 1. The molecule has 1 aliphatic rings. The molecule has 0 aliphatic carbocycles. The second kappa shape index (κ2) is 6.49. The third-order valence-electron chi connectivity index (χ3n) is 5.33. The molecule has 0 radical (unpaired) electrons. The number of halogens is 1. The summed E-state index contributed by atoms with van der Waals surface area (Å²) >= 11 is 6.15. The monoisotopic (exact) mass is 392 g/mol. The van der Waals surface area contributed by atoms with E-state index in [9.17, 15) is 9.59 Å². The number of para-hydroxylation sites is 3. The number of benzene rings is 2. The number of hydrogen-bond acceptors (Lipinski definition) is 3. The highest BCUT2D eigenvalue weighted by Gasteiger charge is 2.33. The molecule has 5 rings (SSSR count). The van der Waals surface area contributed by atoms with Crippen molar-refractivity contribution in [3.8, 4) is 0 Å². The summed E-state index contributed by atoms with van der Waals surface area (Å²) in [6.45, 7) is 0.591. The fourth-order valence-corrected chi connectivity index (χ4v) is 4.18. The Labute approximate surface area is 165 Å². The number of carbonyl (C=O) groups is 1. The van der Waals surface area contributed by atoms with Gasteiger partial charge in [0.2, 0.25) is 5.43 Å². The molecule has 140 valence electrons. The largest absolute Gasteiger partial charge is 0.359 e. The average molecular weight is 393 g/mol. The summed E-state index contributed by atoms with van der Waals surface area (Å²) in [5.41, 5.74) is 2.17. The molecule has 4 aromatic rings. The molecule has 2 N–H and O–H groups in total. The van der Waals surface area contributed by atoms with Crippen molar-refractivity contribution in [1.29, 1.82) is 0 Å². The topological polar surface area (TPSA) is 81.8 Å². The number of likely N-dealkylation sites (tertiary alicyclic amines) is 1. The zero-order valence-electron chi connectivity index (χ0n) is 14.9. The van der Waals surface area contributed by atoms with Crippen molar-refractivity contribution < 1.29 is 4.79 Å². The summed E-state index contributed by atoms with van der Waals surface area (Å²) in [5, 5.41) is 0.868. The van der Waals surface area contributed by atoms with E-state index in [-0.39, 0.29) is 22.9 Å². The van der Waals surface area contributed by atoms with Crippen LogP contribution in [0.25, 0.3) is 21.9 Å². The van der Waals surface area contributed by atoms with Gasteiger partial charge in [-0.2, -0.15) is 0 Å². The van der Waals surface area contributed by atoms with Crippen LogP contribution in [0.3, 0.4) is 0 Å². The minimum Gasteiger partial charge on any atom is -0.359 e. The van der Waals surface area contributed by atoms with Crippen LogP contribution in [0.5, 0.6) is 0 Å². The van der Waals surface area contributed by atoms with Gasteiger partial charge in [0.25, 0.3) is 5.91 Å². The number of imidazole rings is 1. The summed E-state index contributed by atoms with van der Waals surface area (Å²) in [4.78, 5) is 38.9. The molecule has 1 saturated heterocycles. The number of amides is 1. The predicted molar refractivity (Wildman–Crippen MR) is 109 cm³/mol. The lowest BCUT2D eigenvalue weighted by molar-refractivity contribution is 0.0729. The minimum atomic E-state index is -0.309.